The predicted octanol–water partition coefficient (Wildman–Crippen LogP) is 3.97. The fraction of sp³-hybridized carbons (Fsp3) is 0.567. The summed E-state index contributed by atoms with van der Waals surface area (Å²) < 4.78 is 59.6. The van der Waals surface area contributed by atoms with Crippen LogP contribution in [0.3, 0.4) is 0 Å². The number of carbonyl (C=O) groups is 1. The van der Waals surface area contributed by atoms with Crippen LogP contribution >= 0.6 is 0 Å². The smallest absolute Gasteiger partial charge is 0.493 e. The van der Waals surface area contributed by atoms with Crippen molar-refractivity contribution < 1.29 is 31.8 Å². The van der Waals surface area contributed by atoms with Gasteiger partial charge in [-0.3, -0.25) is 14.1 Å². The van der Waals surface area contributed by atoms with E-state index in [1.807, 2.05) is 31.9 Å². The molecule has 3 aromatic rings. The summed E-state index contributed by atoms with van der Waals surface area (Å²) in [5.74, 6) is 0.583. The number of hydrogen-bond acceptors (Lipinski definition) is 9. The third kappa shape index (κ3) is 7.77. The molecule has 0 unspecified atom stereocenters. The number of aromatic nitrogens is 3. The fourth-order valence-electron chi connectivity index (χ4n) is 5.11. The molecule has 1 saturated heterocycles. The number of benzene rings is 1. The molecule has 2 aromatic heterocycles. The summed E-state index contributed by atoms with van der Waals surface area (Å²) in [4.78, 5) is 34.5. The molecule has 1 N–H and O–H groups in total. The van der Waals surface area contributed by atoms with E-state index < -0.39 is 22.9 Å². The van der Waals surface area contributed by atoms with Crippen molar-refractivity contribution in [3.05, 3.63) is 40.3 Å². The quantitative estimate of drug-likeness (QED) is 0.246. The van der Waals surface area contributed by atoms with Crippen LogP contribution in [-0.2, 0) is 32.5 Å². The molecule has 0 saturated carbocycles. The SMILES string of the molecule is CCCOC(=O)OCCN1CCN(S(=O)(=O)c2ccc(OCCC)c(-c3nc4c(CCCF)cn(CC)c4c(=O)[nH]3)c2)CC1. The van der Waals surface area contributed by atoms with E-state index in [1.54, 1.807) is 10.6 Å². The van der Waals surface area contributed by atoms with Gasteiger partial charge in [0.05, 0.1) is 35.9 Å². The van der Waals surface area contributed by atoms with Crippen molar-refractivity contribution in [1.29, 1.82) is 0 Å². The molecule has 44 heavy (non-hydrogen) atoms. The number of aromatic amines is 1. The minimum absolute atomic E-state index is 0.0540. The van der Waals surface area contributed by atoms with Crippen LogP contribution in [0.5, 0.6) is 5.75 Å². The summed E-state index contributed by atoms with van der Waals surface area (Å²) in [5.41, 5.74) is 1.60. The van der Waals surface area contributed by atoms with E-state index in [-0.39, 0.29) is 36.0 Å². The van der Waals surface area contributed by atoms with E-state index >= 15 is 0 Å². The van der Waals surface area contributed by atoms with Crippen LogP contribution in [-0.4, -0.2) is 97.5 Å². The monoisotopic (exact) mass is 635 g/mol. The van der Waals surface area contributed by atoms with Crippen molar-refractivity contribution in [2.75, 3.05) is 59.2 Å². The number of nitrogens with zero attached hydrogens (tertiary/aromatic N) is 4. The lowest BCUT2D eigenvalue weighted by Crippen LogP contribution is -2.49. The van der Waals surface area contributed by atoms with Crippen molar-refractivity contribution >= 4 is 27.2 Å². The molecule has 0 aliphatic carbocycles. The molecular weight excluding hydrogens is 593 g/mol. The Hall–Kier alpha value is -3.49. The minimum Gasteiger partial charge on any atom is -0.493 e. The highest BCUT2D eigenvalue weighted by Gasteiger charge is 2.30. The van der Waals surface area contributed by atoms with E-state index in [4.69, 9.17) is 19.2 Å². The molecule has 1 aliphatic rings. The van der Waals surface area contributed by atoms with Crippen LogP contribution in [0.4, 0.5) is 9.18 Å². The van der Waals surface area contributed by atoms with Gasteiger partial charge < -0.3 is 23.8 Å². The molecule has 1 aliphatic heterocycles. The molecule has 0 radical (unpaired) electrons. The van der Waals surface area contributed by atoms with E-state index in [9.17, 15) is 22.4 Å². The van der Waals surface area contributed by atoms with Crippen molar-refractivity contribution in [2.24, 2.45) is 0 Å². The van der Waals surface area contributed by atoms with Gasteiger partial charge in [-0.2, -0.15) is 4.31 Å². The van der Waals surface area contributed by atoms with Crippen LogP contribution in [0.25, 0.3) is 22.4 Å². The molecule has 14 heteroatoms. The second kappa shape index (κ2) is 15.5. The van der Waals surface area contributed by atoms with Crippen LogP contribution in [0.1, 0.15) is 45.6 Å². The number of H-pyrrole nitrogens is 1. The Bertz CT molecular complexity index is 1580. The van der Waals surface area contributed by atoms with Gasteiger partial charge in [-0.05, 0) is 56.4 Å². The number of sulfonamides is 1. The highest BCUT2D eigenvalue weighted by molar-refractivity contribution is 7.89. The number of fused-ring (bicyclic) bond motifs is 1. The molecule has 0 spiro atoms. The van der Waals surface area contributed by atoms with Crippen molar-refractivity contribution in [2.45, 2.75) is 57.9 Å². The third-order valence-electron chi connectivity index (χ3n) is 7.41. The first-order valence-electron chi connectivity index (χ1n) is 15.2. The molecule has 4 rings (SSSR count). The van der Waals surface area contributed by atoms with Gasteiger partial charge in [-0.1, -0.05) is 13.8 Å². The third-order valence-corrected chi connectivity index (χ3v) is 9.30. The number of ether oxygens (including phenoxy) is 3. The van der Waals surface area contributed by atoms with Crippen LogP contribution in [0.2, 0.25) is 0 Å². The molecule has 0 atom stereocenters. The Balaban J connectivity index is 1.58. The molecule has 0 amide bonds. The number of nitrogens with one attached hydrogen (secondary N) is 1. The molecular formula is C30H42FN5O7S. The summed E-state index contributed by atoms with van der Waals surface area (Å²) in [6.45, 7) is 8.60. The fourth-order valence-corrected chi connectivity index (χ4v) is 6.56. The van der Waals surface area contributed by atoms with Crippen molar-refractivity contribution in [3.8, 4) is 17.1 Å². The Morgan fingerprint density at radius 3 is 2.45 bits per heavy atom. The second-order valence-corrected chi connectivity index (χ2v) is 12.5. The van der Waals surface area contributed by atoms with Gasteiger partial charge >= 0.3 is 6.16 Å². The standard InChI is InChI=1S/C30H42FN5O7S/c1-4-17-41-25-10-9-23(44(39,40)36-14-12-34(13-15-36)16-19-43-30(38)42-18-5-2)20-24(25)28-32-26-22(8-7-11-31)21-35(6-3)27(26)29(37)33-28/h9-10,20-21H,4-8,11-19H2,1-3H3,(H,32,33,37). The minimum atomic E-state index is -3.89. The Labute approximate surface area is 257 Å². The van der Waals surface area contributed by atoms with Crippen LogP contribution in [0.15, 0.2) is 34.1 Å². The van der Waals surface area contributed by atoms with Crippen molar-refractivity contribution in [3.63, 3.8) is 0 Å². The van der Waals surface area contributed by atoms with Gasteiger partial charge in [0.1, 0.15) is 23.7 Å². The lowest BCUT2D eigenvalue weighted by Gasteiger charge is -2.33. The topological polar surface area (TPSA) is 136 Å². The number of halogens is 1. The van der Waals surface area contributed by atoms with E-state index in [0.29, 0.717) is 81.0 Å². The summed E-state index contributed by atoms with van der Waals surface area (Å²) >= 11 is 0. The molecule has 242 valence electrons. The lowest BCUT2D eigenvalue weighted by molar-refractivity contribution is 0.0452. The average Bonchev–Trinajstić information content (AvgIpc) is 3.40. The zero-order valence-electron chi connectivity index (χ0n) is 25.6. The number of hydrogen-bond donors (Lipinski definition) is 1. The maximum Gasteiger partial charge on any atom is 0.508 e. The summed E-state index contributed by atoms with van der Waals surface area (Å²) in [6.07, 6.45) is 3.28. The molecule has 1 fully saturated rings. The van der Waals surface area contributed by atoms with Crippen LogP contribution < -0.4 is 10.3 Å². The molecule has 12 nitrogen and oxygen atoms in total. The van der Waals surface area contributed by atoms with Gasteiger partial charge in [0.25, 0.3) is 5.56 Å². The number of alkyl halides is 1. The first kappa shape index (κ1) is 33.4. The second-order valence-electron chi connectivity index (χ2n) is 10.5. The van der Waals surface area contributed by atoms with E-state index in [0.717, 1.165) is 12.0 Å². The van der Waals surface area contributed by atoms with Gasteiger partial charge in [0, 0.05) is 45.5 Å². The Morgan fingerprint density at radius 2 is 1.77 bits per heavy atom. The normalized spacial score (nSPS) is 14.6. The van der Waals surface area contributed by atoms with Gasteiger partial charge in [0.15, 0.2) is 0 Å². The first-order chi connectivity index (χ1) is 21.2. The maximum atomic E-state index is 13.7. The highest BCUT2D eigenvalue weighted by Crippen LogP contribution is 2.33. The average molecular weight is 636 g/mol. The van der Waals surface area contributed by atoms with Gasteiger partial charge in [0.2, 0.25) is 10.0 Å². The number of carbonyl (C=O) groups excluding carboxylic acids is 1. The highest BCUT2D eigenvalue weighted by atomic mass is 32.2. The summed E-state index contributed by atoms with van der Waals surface area (Å²) in [7, 11) is -3.89. The number of aryl methyl sites for hydroxylation is 2. The van der Waals surface area contributed by atoms with Crippen LogP contribution in [0, 0.1) is 0 Å². The predicted molar refractivity (Wildman–Crippen MR) is 164 cm³/mol. The lowest BCUT2D eigenvalue weighted by atomic mass is 10.1. The van der Waals surface area contributed by atoms with Gasteiger partial charge in [-0.15, -0.1) is 0 Å². The summed E-state index contributed by atoms with van der Waals surface area (Å²) in [5, 5.41) is 0. The number of rotatable bonds is 15. The Kier molecular flexibility index (Phi) is 11.8. The number of piperazine rings is 1. The maximum absolute atomic E-state index is 13.7. The van der Waals surface area contributed by atoms with E-state index in [1.165, 1.54) is 16.4 Å². The molecule has 1 aromatic carbocycles. The molecule has 0 bridgehead atoms. The zero-order valence-corrected chi connectivity index (χ0v) is 26.5. The Morgan fingerprint density at radius 1 is 1.05 bits per heavy atom. The van der Waals surface area contributed by atoms with Gasteiger partial charge in [-0.25, -0.2) is 18.2 Å². The summed E-state index contributed by atoms with van der Waals surface area (Å²) in [6, 6.07) is 4.59. The van der Waals surface area contributed by atoms with Crippen molar-refractivity contribution in [1.82, 2.24) is 23.7 Å². The zero-order chi connectivity index (χ0) is 31.7. The molecule has 3 heterocycles. The largest absolute Gasteiger partial charge is 0.508 e. The van der Waals surface area contributed by atoms with E-state index in [2.05, 4.69) is 4.98 Å². The first-order valence-corrected chi connectivity index (χ1v) is 16.6.